The molecule has 0 aromatic carbocycles. The summed E-state index contributed by atoms with van der Waals surface area (Å²) in [4.78, 5) is 29.9. The highest BCUT2D eigenvalue weighted by Gasteiger charge is 2.30. The molecule has 2 aromatic rings. The number of aromatic nitrogens is 3. The molecule has 3 heterocycles. The number of carbonyl (C=O) groups is 2. The van der Waals surface area contributed by atoms with E-state index in [1.165, 1.54) is 4.90 Å². The molecule has 1 fully saturated rings. The molecule has 0 radical (unpaired) electrons. The number of halogens is 1. The maximum atomic E-state index is 12.8. The topological polar surface area (TPSA) is 88.3 Å². The van der Waals surface area contributed by atoms with Crippen molar-refractivity contribution in [2.24, 2.45) is 5.92 Å². The standard InChI is InChI=1S/C17H19ClN4O3/c1-10-8-11(2)22(20-10)14-6-5-13(18)15(19-14)16(23)21-7-3-4-12(9-21)17(24)25/h5-6,8,12H,3-4,7,9H2,1-2H3,(H,24,25). The molecule has 8 heteroatoms. The zero-order valence-corrected chi connectivity index (χ0v) is 14.8. The van der Waals surface area contributed by atoms with Crippen LogP contribution in [-0.4, -0.2) is 49.7 Å². The van der Waals surface area contributed by atoms with Gasteiger partial charge in [-0.3, -0.25) is 9.59 Å². The summed E-state index contributed by atoms with van der Waals surface area (Å²) < 4.78 is 1.65. The minimum absolute atomic E-state index is 0.123. The summed E-state index contributed by atoms with van der Waals surface area (Å²) in [6.45, 7) is 4.46. The molecular weight excluding hydrogens is 344 g/mol. The van der Waals surface area contributed by atoms with Crippen molar-refractivity contribution in [1.82, 2.24) is 19.7 Å². The van der Waals surface area contributed by atoms with E-state index < -0.39 is 11.9 Å². The first-order valence-electron chi connectivity index (χ1n) is 8.09. The fourth-order valence-electron chi connectivity index (χ4n) is 3.07. The van der Waals surface area contributed by atoms with Gasteiger partial charge in [0.05, 0.1) is 16.6 Å². The minimum atomic E-state index is -0.882. The highest BCUT2D eigenvalue weighted by molar-refractivity contribution is 6.33. The lowest BCUT2D eigenvalue weighted by Gasteiger charge is -2.30. The van der Waals surface area contributed by atoms with Gasteiger partial charge in [-0.25, -0.2) is 9.67 Å². The summed E-state index contributed by atoms with van der Waals surface area (Å²) in [5.74, 6) is -1.27. The number of likely N-dealkylation sites (tertiary alicyclic amines) is 1. The first-order chi connectivity index (χ1) is 11.9. The number of amides is 1. The number of pyridine rings is 1. The van der Waals surface area contributed by atoms with Crippen LogP contribution in [0.1, 0.15) is 34.7 Å². The van der Waals surface area contributed by atoms with Crippen LogP contribution in [0.3, 0.4) is 0 Å². The number of aryl methyl sites for hydroxylation is 2. The number of aliphatic carboxylic acids is 1. The Morgan fingerprint density at radius 2 is 2.08 bits per heavy atom. The van der Waals surface area contributed by atoms with E-state index in [0.717, 1.165) is 11.4 Å². The number of hydrogen-bond acceptors (Lipinski definition) is 4. The summed E-state index contributed by atoms with van der Waals surface area (Å²) in [5.41, 5.74) is 1.87. The van der Waals surface area contributed by atoms with Crippen LogP contribution in [0.15, 0.2) is 18.2 Å². The smallest absolute Gasteiger partial charge is 0.308 e. The average molecular weight is 363 g/mol. The molecule has 0 spiro atoms. The lowest BCUT2D eigenvalue weighted by Crippen LogP contribution is -2.42. The number of nitrogens with zero attached hydrogens (tertiary/aromatic N) is 4. The van der Waals surface area contributed by atoms with Crippen molar-refractivity contribution in [2.45, 2.75) is 26.7 Å². The van der Waals surface area contributed by atoms with E-state index in [1.54, 1.807) is 16.8 Å². The van der Waals surface area contributed by atoms with Gasteiger partial charge in [0.25, 0.3) is 5.91 Å². The molecule has 1 amide bonds. The summed E-state index contributed by atoms with van der Waals surface area (Å²) in [7, 11) is 0. The highest BCUT2D eigenvalue weighted by atomic mass is 35.5. The third-order valence-electron chi connectivity index (χ3n) is 4.32. The Balaban J connectivity index is 1.91. The maximum Gasteiger partial charge on any atom is 0.308 e. The normalized spacial score (nSPS) is 17.6. The van der Waals surface area contributed by atoms with Gasteiger partial charge < -0.3 is 10.0 Å². The molecular formula is C17H19ClN4O3. The summed E-state index contributed by atoms with van der Waals surface area (Å²) in [6, 6.07) is 5.24. The van der Waals surface area contributed by atoms with Gasteiger partial charge in [0.15, 0.2) is 5.82 Å². The predicted molar refractivity (Wildman–Crippen MR) is 92.1 cm³/mol. The van der Waals surface area contributed by atoms with Crippen molar-refractivity contribution in [3.05, 3.63) is 40.3 Å². The second kappa shape index (κ2) is 6.84. The zero-order valence-electron chi connectivity index (χ0n) is 14.1. The SMILES string of the molecule is Cc1cc(C)n(-c2ccc(Cl)c(C(=O)N3CCCC(C(=O)O)C3)n2)n1. The van der Waals surface area contributed by atoms with Crippen LogP contribution in [0.25, 0.3) is 5.82 Å². The number of carbonyl (C=O) groups excluding carboxylic acids is 1. The van der Waals surface area contributed by atoms with Crippen LogP contribution < -0.4 is 0 Å². The van der Waals surface area contributed by atoms with Gasteiger partial charge in [0, 0.05) is 18.8 Å². The van der Waals surface area contributed by atoms with Gasteiger partial charge in [0.2, 0.25) is 0 Å². The molecule has 7 nitrogen and oxygen atoms in total. The molecule has 1 N–H and O–H groups in total. The minimum Gasteiger partial charge on any atom is -0.481 e. The van der Waals surface area contributed by atoms with Crippen LogP contribution in [0, 0.1) is 19.8 Å². The van der Waals surface area contributed by atoms with E-state index in [4.69, 9.17) is 11.6 Å². The molecule has 0 bridgehead atoms. The van der Waals surface area contributed by atoms with Crippen molar-refractivity contribution in [3.8, 4) is 5.82 Å². The zero-order chi connectivity index (χ0) is 18.1. The summed E-state index contributed by atoms with van der Waals surface area (Å²) in [6.07, 6.45) is 1.23. The molecule has 132 valence electrons. The van der Waals surface area contributed by atoms with Crippen molar-refractivity contribution in [1.29, 1.82) is 0 Å². The lowest BCUT2D eigenvalue weighted by atomic mass is 9.98. The molecule has 0 saturated carbocycles. The van der Waals surface area contributed by atoms with Gasteiger partial charge in [-0.2, -0.15) is 5.10 Å². The quantitative estimate of drug-likeness (QED) is 0.906. The Labute approximate surface area is 150 Å². The monoisotopic (exact) mass is 362 g/mol. The van der Waals surface area contributed by atoms with Crippen LogP contribution in [0.2, 0.25) is 5.02 Å². The van der Waals surface area contributed by atoms with E-state index in [2.05, 4.69) is 10.1 Å². The summed E-state index contributed by atoms with van der Waals surface area (Å²) in [5, 5.41) is 13.8. The van der Waals surface area contributed by atoms with Crippen molar-refractivity contribution >= 4 is 23.5 Å². The van der Waals surface area contributed by atoms with Gasteiger partial charge in [-0.15, -0.1) is 0 Å². The average Bonchev–Trinajstić information content (AvgIpc) is 2.93. The van der Waals surface area contributed by atoms with Crippen LogP contribution in [-0.2, 0) is 4.79 Å². The van der Waals surface area contributed by atoms with E-state index in [0.29, 0.717) is 25.2 Å². The number of carboxylic acids is 1. The maximum absolute atomic E-state index is 12.8. The van der Waals surface area contributed by atoms with E-state index in [-0.39, 0.29) is 23.2 Å². The third-order valence-corrected chi connectivity index (χ3v) is 4.62. The predicted octanol–water partition coefficient (Wildman–Crippen LogP) is 2.47. The van der Waals surface area contributed by atoms with Crippen LogP contribution in [0.5, 0.6) is 0 Å². The third kappa shape index (κ3) is 3.51. The Morgan fingerprint density at radius 3 is 2.72 bits per heavy atom. The molecule has 2 aromatic heterocycles. The molecule has 0 aliphatic carbocycles. The fraction of sp³-hybridized carbons (Fsp3) is 0.412. The Kier molecular flexibility index (Phi) is 4.76. The highest BCUT2D eigenvalue weighted by Crippen LogP contribution is 2.23. The molecule has 3 rings (SSSR count). The first-order valence-corrected chi connectivity index (χ1v) is 8.47. The number of carboxylic acid groups (broad SMARTS) is 1. The van der Waals surface area contributed by atoms with Gasteiger partial charge in [0.1, 0.15) is 5.69 Å². The molecule has 1 saturated heterocycles. The number of piperidine rings is 1. The van der Waals surface area contributed by atoms with Gasteiger partial charge >= 0.3 is 5.97 Å². The van der Waals surface area contributed by atoms with Crippen molar-refractivity contribution in [3.63, 3.8) is 0 Å². The summed E-state index contributed by atoms with van der Waals surface area (Å²) >= 11 is 6.19. The van der Waals surface area contributed by atoms with Gasteiger partial charge in [-0.1, -0.05) is 11.6 Å². The Bertz CT molecular complexity index is 833. The molecule has 1 atom stereocenters. The molecule has 1 unspecified atom stereocenters. The molecule has 25 heavy (non-hydrogen) atoms. The fourth-order valence-corrected chi connectivity index (χ4v) is 3.26. The number of hydrogen-bond donors (Lipinski definition) is 1. The van der Waals surface area contributed by atoms with E-state index in [1.807, 2.05) is 19.9 Å². The Morgan fingerprint density at radius 1 is 1.32 bits per heavy atom. The second-order valence-corrected chi connectivity index (χ2v) is 6.67. The van der Waals surface area contributed by atoms with Gasteiger partial charge in [-0.05, 0) is 44.9 Å². The second-order valence-electron chi connectivity index (χ2n) is 6.27. The number of rotatable bonds is 3. The van der Waals surface area contributed by atoms with E-state index >= 15 is 0 Å². The first kappa shape index (κ1) is 17.4. The van der Waals surface area contributed by atoms with Crippen LogP contribution >= 0.6 is 11.6 Å². The van der Waals surface area contributed by atoms with Crippen molar-refractivity contribution < 1.29 is 14.7 Å². The van der Waals surface area contributed by atoms with E-state index in [9.17, 15) is 14.7 Å². The van der Waals surface area contributed by atoms with Crippen LogP contribution in [0.4, 0.5) is 0 Å². The van der Waals surface area contributed by atoms with Crippen molar-refractivity contribution in [2.75, 3.05) is 13.1 Å². The molecule has 1 aliphatic heterocycles. The molecule has 1 aliphatic rings. The lowest BCUT2D eigenvalue weighted by molar-refractivity contribution is -0.143. The Hall–Kier alpha value is -2.41. The largest absolute Gasteiger partial charge is 0.481 e.